The zero-order chi connectivity index (χ0) is 11.3. The highest BCUT2D eigenvalue weighted by molar-refractivity contribution is 8.00. The molecule has 0 aromatic heterocycles. The van der Waals surface area contributed by atoms with Crippen LogP contribution in [0.25, 0.3) is 0 Å². The summed E-state index contributed by atoms with van der Waals surface area (Å²) in [6.07, 6.45) is 0.984. The molecule has 0 radical (unpaired) electrons. The highest BCUT2D eigenvalue weighted by Gasteiger charge is 2.21. The Hall–Kier alpha value is 0.0700. The fourth-order valence-electron chi connectivity index (χ4n) is 1.55. The van der Waals surface area contributed by atoms with Crippen LogP contribution in [-0.4, -0.2) is 36.0 Å². The lowest BCUT2D eigenvalue weighted by Crippen LogP contribution is -2.33. The molecule has 5 heteroatoms. The molecule has 1 rings (SSSR count). The summed E-state index contributed by atoms with van der Waals surface area (Å²) in [7, 11) is 0. The van der Waals surface area contributed by atoms with Gasteiger partial charge >= 0.3 is 0 Å². The standard InChI is InChI=1S/C11H22N2OS.ClH/c1-11(2,3)15-7-6-13-10(14)9-4-5-12-8-9;/h9,12H,4-8H2,1-3H3,(H,13,14);1H/t9-;/m1./s1. The Labute approximate surface area is 109 Å². The summed E-state index contributed by atoms with van der Waals surface area (Å²) in [5.74, 6) is 1.41. The van der Waals surface area contributed by atoms with Crippen LogP contribution in [0.15, 0.2) is 0 Å². The van der Waals surface area contributed by atoms with Crippen LogP contribution >= 0.6 is 24.2 Å². The quantitative estimate of drug-likeness (QED) is 0.761. The van der Waals surface area contributed by atoms with Crippen molar-refractivity contribution in [1.82, 2.24) is 10.6 Å². The van der Waals surface area contributed by atoms with E-state index in [9.17, 15) is 4.79 Å². The summed E-state index contributed by atoms with van der Waals surface area (Å²) in [5, 5.41) is 6.20. The van der Waals surface area contributed by atoms with Gasteiger partial charge < -0.3 is 10.6 Å². The van der Waals surface area contributed by atoms with Gasteiger partial charge in [0.2, 0.25) is 5.91 Å². The van der Waals surface area contributed by atoms with Crippen molar-refractivity contribution >= 4 is 30.1 Å². The first-order valence-corrected chi connectivity index (χ1v) is 6.60. The Balaban J connectivity index is 0.00000225. The van der Waals surface area contributed by atoms with Crippen LogP contribution < -0.4 is 10.6 Å². The van der Waals surface area contributed by atoms with Crippen molar-refractivity contribution < 1.29 is 4.79 Å². The van der Waals surface area contributed by atoms with Gasteiger partial charge in [0.1, 0.15) is 0 Å². The van der Waals surface area contributed by atoms with Crippen LogP contribution in [0.4, 0.5) is 0 Å². The van der Waals surface area contributed by atoms with E-state index in [0.29, 0.717) is 4.75 Å². The molecular formula is C11H23ClN2OS. The van der Waals surface area contributed by atoms with Gasteiger partial charge in [0, 0.05) is 23.6 Å². The van der Waals surface area contributed by atoms with Crippen molar-refractivity contribution in [3.05, 3.63) is 0 Å². The number of hydrogen-bond donors (Lipinski definition) is 2. The maximum Gasteiger partial charge on any atom is 0.224 e. The minimum atomic E-state index is 0. The number of nitrogens with one attached hydrogen (secondary N) is 2. The average molecular weight is 267 g/mol. The normalized spacial score (nSPS) is 20.3. The summed E-state index contributed by atoms with van der Waals surface area (Å²) >= 11 is 1.89. The first-order chi connectivity index (χ1) is 6.99. The highest BCUT2D eigenvalue weighted by atomic mass is 35.5. The first kappa shape index (κ1) is 16.1. The molecule has 0 unspecified atom stereocenters. The number of amides is 1. The van der Waals surface area contributed by atoms with Gasteiger partial charge in [-0.1, -0.05) is 20.8 Å². The molecule has 0 spiro atoms. The summed E-state index contributed by atoms with van der Waals surface area (Å²) in [6, 6.07) is 0. The average Bonchev–Trinajstić information content (AvgIpc) is 2.63. The van der Waals surface area contributed by atoms with Gasteiger partial charge in [0.15, 0.2) is 0 Å². The van der Waals surface area contributed by atoms with E-state index in [0.717, 1.165) is 31.8 Å². The van der Waals surface area contributed by atoms with E-state index in [4.69, 9.17) is 0 Å². The molecule has 1 aliphatic rings. The maximum atomic E-state index is 11.6. The Morgan fingerprint density at radius 2 is 2.19 bits per heavy atom. The smallest absolute Gasteiger partial charge is 0.224 e. The van der Waals surface area contributed by atoms with Gasteiger partial charge in [-0.15, -0.1) is 12.4 Å². The van der Waals surface area contributed by atoms with E-state index in [1.807, 2.05) is 11.8 Å². The zero-order valence-electron chi connectivity index (χ0n) is 10.3. The molecule has 0 aliphatic carbocycles. The molecule has 1 fully saturated rings. The van der Waals surface area contributed by atoms with Gasteiger partial charge in [-0.05, 0) is 13.0 Å². The molecular weight excluding hydrogens is 244 g/mol. The number of thioether (sulfide) groups is 1. The fourth-order valence-corrected chi connectivity index (χ4v) is 2.37. The minimum Gasteiger partial charge on any atom is -0.355 e. The predicted molar refractivity (Wildman–Crippen MR) is 73.4 cm³/mol. The van der Waals surface area contributed by atoms with E-state index in [1.165, 1.54) is 0 Å². The molecule has 1 heterocycles. The van der Waals surface area contributed by atoms with E-state index in [-0.39, 0.29) is 24.2 Å². The van der Waals surface area contributed by atoms with E-state index in [1.54, 1.807) is 0 Å². The van der Waals surface area contributed by atoms with Crippen LogP contribution in [0.2, 0.25) is 0 Å². The molecule has 16 heavy (non-hydrogen) atoms. The third-order valence-corrected chi connectivity index (χ3v) is 3.64. The molecule has 1 atom stereocenters. The first-order valence-electron chi connectivity index (χ1n) is 5.61. The molecule has 2 N–H and O–H groups in total. The van der Waals surface area contributed by atoms with Crippen molar-refractivity contribution in [1.29, 1.82) is 0 Å². The van der Waals surface area contributed by atoms with E-state index in [2.05, 4.69) is 31.4 Å². The number of rotatable bonds is 4. The van der Waals surface area contributed by atoms with Crippen LogP contribution in [0, 0.1) is 5.92 Å². The summed E-state index contributed by atoms with van der Waals surface area (Å²) in [5.41, 5.74) is 0. The Morgan fingerprint density at radius 1 is 1.50 bits per heavy atom. The third kappa shape index (κ3) is 6.61. The number of halogens is 1. The minimum absolute atomic E-state index is 0. The molecule has 0 aromatic rings. The van der Waals surface area contributed by atoms with Crippen LogP contribution in [0.5, 0.6) is 0 Å². The topological polar surface area (TPSA) is 41.1 Å². The number of carbonyl (C=O) groups is 1. The lowest BCUT2D eigenvalue weighted by atomic mass is 10.1. The second-order valence-electron chi connectivity index (χ2n) is 4.94. The fraction of sp³-hybridized carbons (Fsp3) is 0.909. The summed E-state index contributed by atoms with van der Waals surface area (Å²) in [6.45, 7) is 9.20. The van der Waals surface area contributed by atoms with Crippen molar-refractivity contribution in [3.63, 3.8) is 0 Å². The van der Waals surface area contributed by atoms with Gasteiger partial charge in [0.05, 0.1) is 5.92 Å². The predicted octanol–water partition coefficient (Wildman–Crippen LogP) is 1.67. The monoisotopic (exact) mass is 266 g/mol. The van der Waals surface area contributed by atoms with Gasteiger partial charge in [-0.25, -0.2) is 0 Å². The maximum absolute atomic E-state index is 11.6. The zero-order valence-corrected chi connectivity index (χ0v) is 12.0. The molecule has 1 saturated heterocycles. The van der Waals surface area contributed by atoms with Crippen LogP contribution in [0.1, 0.15) is 27.2 Å². The second kappa shape index (κ2) is 7.41. The van der Waals surface area contributed by atoms with Crippen molar-refractivity contribution in [2.75, 3.05) is 25.4 Å². The van der Waals surface area contributed by atoms with E-state index >= 15 is 0 Å². The van der Waals surface area contributed by atoms with Crippen molar-refractivity contribution in [2.45, 2.75) is 31.9 Å². The van der Waals surface area contributed by atoms with Crippen molar-refractivity contribution in [3.8, 4) is 0 Å². The van der Waals surface area contributed by atoms with Gasteiger partial charge in [0.25, 0.3) is 0 Å². The summed E-state index contributed by atoms with van der Waals surface area (Å²) in [4.78, 5) is 11.6. The van der Waals surface area contributed by atoms with Crippen molar-refractivity contribution in [2.24, 2.45) is 5.92 Å². The number of carbonyl (C=O) groups excluding carboxylic acids is 1. The lowest BCUT2D eigenvalue weighted by molar-refractivity contribution is -0.124. The molecule has 96 valence electrons. The number of hydrogen-bond acceptors (Lipinski definition) is 3. The highest BCUT2D eigenvalue weighted by Crippen LogP contribution is 2.22. The molecule has 1 aliphatic heterocycles. The van der Waals surface area contributed by atoms with Crippen LogP contribution in [-0.2, 0) is 4.79 Å². The second-order valence-corrected chi connectivity index (χ2v) is 6.86. The molecule has 1 amide bonds. The Kier molecular flexibility index (Phi) is 7.44. The lowest BCUT2D eigenvalue weighted by Gasteiger charge is -2.18. The van der Waals surface area contributed by atoms with Gasteiger partial charge in [-0.2, -0.15) is 11.8 Å². The van der Waals surface area contributed by atoms with Crippen LogP contribution in [0.3, 0.4) is 0 Å². The Morgan fingerprint density at radius 3 is 2.69 bits per heavy atom. The Bertz CT molecular complexity index is 213. The SMILES string of the molecule is CC(C)(C)SCCNC(=O)[C@@H]1CCNC1.Cl. The molecule has 3 nitrogen and oxygen atoms in total. The molecule has 0 bridgehead atoms. The molecule has 0 saturated carbocycles. The largest absolute Gasteiger partial charge is 0.355 e. The third-order valence-electron chi connectivity index (χ3n) is 2.37. The summed E-state index contributed by atoms with van der Waals surface area (Å²) < 4.78 is 0.291. The van der Waals surface area contributed by atoms with Gasteiger partial charge in [-0.3, -0.25) is 4.79 Å². The van der Waals surface area contributed by atoms with E-state index < -0.39 is 0 Å². The molecule has 0 aromatic carbocycles.